The van der Waals surface area contributed by atoms with E-state index >= 15 is 0 Å². The lowest BCUT2D eigenvalue weighted by Gasteiger charge is -2.32. The Balaban J connectivity index is 2.33. The highest BCUT2D eigenvalue weighted by Crippen LogP contribution is 2.34. The molecule has 4 amide bonds. The van der Waals surface area contributed by atoms with Crippen molar-refractivity contribution < 1.29 is 28.0 Å². The molecule has 1 saturated heterocycles. The summed E-state index contributed by atoms with van der Waals surface area (Å²) in [4.78, 5) is 51.6. The second kappa shape index (κ2) is 10.3. The predicted octanol–water partition coefficient (Wildman–Crippen LogP) is 3.32. The number of rotatable bonds is 8. The van der Waals surface area contributed by atoms with Gasteiger partial charge >= 0.3 is 17.8 Å². The normalized spacial score (nSPS) is 15.9. The molecule has 1 aromatic rings. The lowest BCUT2D eigenvalue weighted by molar-refractivity contribution is -0.153. The molecule has 1 atom stereocenters. The lowest BCUT2D eigenvalue weighted by Crippen LogP contribution is -2.58. The number of carbonyl (C=O) groups excluding carboxylic acids is 4. The van der Waals surface area contributed by atoms with Crippen LogP contribution in [0.15, 0.2) is 18.2 Å². The average molecular weight is 514 g/mol. The SMILES string of the molecule is CCN1CCN(C(=O)NC(C(=O)Cl)c2ccc(O[Si](C)(C)C)c(O[Si](C)(C)C)c2)C(=O)C1=O. The maximum absolute atomic E-state index is 12.8. The number of benzene rings is 1. The first-order chi connectivity index (χ1) is 15.1. The third-order valence-corrected chi connectivity index (χ3v) is 6.45. The molecule has 0 aromatic heterocycles. The number of halogens is 1. The Hall–Kier alpha value is -2.38. The van der Waals surface area contributed by atoms with Crippen LogP contribution in [0.1, 0.15) is 18.5 Å². The van der Waals surface area contributed by atoms with E-state index in [1.54, 1.807) is 25.1 Å². The van der Waals surface area contributed by atoms with Gasteiger partial charge in [-0.3, -0.25) is 19.3 Å². The van der Waals surface area contributed by atoms with E-state index < -0.39 is 45.8 Å². The molecular weight excluding hydrogens is 482 g/mol. The summed E-state index contributed by atoms with van der Waals surface area (Å²) >= 11 is 5.81. The van der Waals surface area contributed by atoms with Crippen LogP contribution in [0.4, 0.5) is 4.79 Å². The molecule has 1 unspecified atom stereocenters. The molecule has 1 aliphatic rings. The Kier molecular flexibility index (Phi) is 8.36. The zero-order chi connectivity index (χ0) is 25.1. The van der Waals surface area contributed by atoms with Gasteiger partial charge in [0.05, 0.1) is 0 Å². The average Bonchev–Trinajstić information content (AvgIpc) is 2.67. The van der Waals surface area contributed by atoms with Crippen molar-refractivity contribution in [3.63, 3.8) is 0 Å². The Bertz CT molecular complexity index is 945. The number of hydrogen-bond acceptors (Lipinski definition) is 6. The summed E-state index contributed by atoms with van der Waals surface area (Å²) in [5, 5.41) is 1.64. The van der Waals surface area contributed by atoms with E-state index in [2.05, 4.69) is 5.32 Å². The molecule has 2 rings (SSSR count). The minimum Gasteiger partial charge on any atom is -0.542 e. The largest absolute Gasteiger partial charge is 0.542 e. The summed E-state index contributed by atoms with van der Waals surface area (Å²) in [5.41, 5.74) is 0.380. The van der Waals surface area contributed by atoms with Crippen LogP contribution in [0.5, 0.6) is 11.5 Å². The van der Waals surface area contributed by atoms with E-state index in [0.29, 0.717) is 23.6 Å². The minimum absolute atomic E-state index is 0.0282. The van der Waals surface area contributed by atoms with Crippen LogP contribution in [-0.4, -0.2) is 69.2 Å². The highest BCUT2D eigenvalue weighted by molar-refractivity contribution is 6.71. The van der Waals surface area contributed by atoms with Gasteiger partial charge in [0, 0.05) is 19.6 Å². The molecule has 1 N–H and O–H groups in total. The van der Waals surface area contributed by atoms with Crippen LogP contribution >= 0.6 is 11.6 Å². The van der Waals surface area contributed by atoms with Crippen LogP contribution in [0.3, 0.4) is 0 Å². The third kappa shape index (κ3) is 7.31. The van der Waals surface area contributed by atoms with Crippen molar-refractivity contribution >= 4 is 51.3 Å². The molecule has 33 heavy (non-hydrogen) atoms. The smallest absolute Gasteiger partial charge is 0.325 e. The van der Waals surface area contributed by atoms with Crippen molar-refractivity contribution in [3.05, 3.63) is 23.8 Å². The van der Waals surface area contributed by atoms with Crippen LogP contribution in [-0.2, 0) is 14.4 Å². The van der Waals surface area contributed by atoms with Gasteiger partial charge in [0.15, 0.2) is 0 Å². The van der Waals surface area contributed by atoms with Gasteiger partial charge in [-0.15, -0.1) is 0 Å². The molecule has 1 aliphatic heterocycles. The summed E-state index contributed by atoms with van der Waals surface area (Å²) in [6.07, 6.45) is 0. The van der Waals surface area contributed by atoms with Crippen LogP contribution in [0.2, 0.25) is 39.3 Å². The molecule has 182 valence electrons. The van der Waals surface area contributed by atoms with Gasteiger partial charge in [0.2, 0.25) is 21.9 Å². The van der Waals surface area contributed by atoms with Crippen LogP contribution in [0.25, 0.3) is 0 Å². The number of carbonyl (C=O) groups is 4. The van der Waals surface area contributed by atoms with Crippen molar-refractivity contribution in [1.82, 2.24) is 15.1 Å². The minimum atomic E-state index is -2.04. The Morgan fingerprint density at radius 2 is 1.58 bits per heavy atom. The molecule has 0 saturated carbocycles. The van der Waals surface area contributed by atoms with Crippen LogP contribution < -0.4 is 14.2 Å². The highest BCUT2D eigenvalue weighted by atomic mass is 35.5. The number of urea groups is 1. The predicted molar refractivity (Wildman–Crippen MR) is 130 cm³/mol. The van der Waals surface area contributed by atoms with Gasteiger partial charge in [-0.2, -0.15) is 0 Å². The molecule has 0 radical (unpaired) electrons. The molecule has 1 heterocycles. The summed E-state index contributed by atoms with van der Waals surface area (Å²) in [6.45, 7) is 14.6. The summed E-state index contributed by atoms with van der Waals surface area (Å²) < 4.78 is 12.3. The van der Waals surface area contributed by atoms with E-state index in [0.717, 1.165) is 4.90 Å². The highest BCUT2D eigenvalue weighted by Gasteiger charge is 2.37. The van der Waals surface area contributed by atoms with E-state index in [1.165, 1.54) is 4.90 Å². The molecule has 0 aliphatic carbocycles. The number of piperazine rings is 1. The topological polar surface area (TPSA) is 105 Å². The molecule has 9 nitrogen and oxygen atoms in total. The first-order valence-corrected chi connectivity index (χ1v) is 17.9. The van der Waals surface area contributed by atoms with Crippen molar-refractivity contribution in [1.29, 1.82) is 0 Å². The lowest BCUT2D eigenvalue weighted by atomic mass is 10.1. The van der Waals surface area contributed by atoms with Gasteiger partial charge in [-0.05, 0) is 75.5 Å². The van der Waals surface area contributed by atoms with Gasteiger partial charge in [-0.1, -0.05) is 6.07 Å². The Morgan fingerprint density at radius 3 is 2.09 bits per heavy atom. The summed E-state index contributed by atoms with van der Waals surface area (Å²) in [6, 6.07) is 2.84. The number of nitrogens with one attached hydrogen (secondary N) is 1. The van der Waals surface area contributed by atoms with Gasteiger partial charge < -0.3 is 19.1 Å². The maximum atomic E-state index is 12.8. The summed E-state index contributed by atoms with van der Waals surface area (Å²) in [5.74, 6) is -0.674. The third-order valence-electron chi connectivity index (χ3n) is 4.56. The number of amides is 4. The van der Waals surface area contributed by atoms with Crippen molar-refractivity contribution in [2.24, 2.45) is 0 Å². The van der Waals surface area contributed by atoms with Crippen LogP contribution in [0, 0.1) is 0 Å². The fourth-order valence-corrected chi connectivity index (χ4v) is 5.00. The molecule has 0 spiro atoms. The summed E-state index contributed by atoms with van der Waals surface area (Å²) in [7, 11) is -3.99. The zero-order valence-corrected chi connectivity index (χ0v) is 22.9. The first kappa shape index (κ1) is 26.9. The number of nitrogens with zero attached hydrogens (tertiary/aromatic N) is 2. The van der Waals surface area contributed by atoms with Crippen molar-refractivity contribution in [2.75, 3.05) is 19.6 Å². The fraction of sp³-hybridized carbons (Fsp3) is 0.524. The van der Waals surface area contributed by atoms with Gasteiger partial charge in [0.1, 0.15) is 17.5 Å². The molecule has 12 heteroatoms. The quantitative estimate of drug-likeness (QED) is 0.325. The van der Waals surface area contributed by atoms with Crippen molar-refractivity contribution in [3.8, 4) is 11.5 Å². The first-order valence-electron chi connectivity index (χ1n) is 10.8. The second-order valence-corrected chi connectivity index (χ2v) is 18.9. The van der Waals surface area contributed by atoms with E-state index in [-0.39, 0.29) is 13.1 Å². The van der Waals surface area contributed by atoms with E-state index in [4.69, 9.17) is 20.5 Å². The molecular formula is C21H32ClN3O6Si2. The monoisotopic (exact) mass is 513 g/mol. The van der Waals surface area contributed by atoms with E-state index in [9.17, 15) is 19.2 Å². The number of hydrogen-bond donors (Lipinski definition) is 1. The van der Waals surface area contributed by atoms with Crippen molar-refractivity contribution in [2.45, 2.75) is 52.2 Å². The molecule has 0 bridgehead atoms. The number of likely N-dealkylation sites (N-methyl/N-ethyl adjacent to an activating group) is 1. The fourth-order valence-electron chi connectivity index (χ4n) is 3.17. The standard InChI is InChI=1S/C21H32ClN3O6Si2/c1-8-24-11-12-25(20(28)19(24)27)21(29)23-17(18(22)26)14-9-10-15(30-32(2,3)4)16(13-14)31-33(5,6)7/h9-10,13,17H,8,11-12H2,1-7H3,(H,23,29). The second-order valence-electron chi connectivity index (χ2n) is 9.66. The molecule has 1 aromatic carbocycles. The molecule has 1 fully saturated rings. The van der Waals surface area contributed by atoms with Gasteiger partial charge in [0.25, 0.3) is 0 Å². The maximum Gasteiger partial charge on any atom is 0.325 e. The zero-order valence-electron chi connectivity index (χ0n) is 20.2. The Morgan fingerprint density at radius 1 is 1.00 bits per heavy atom. The Labute approximate surface area is 201 Å². The number of imide groups is 1. The van der Waals surface area contributed by atoms with Gasteiger partial charge in [-0.25, -0.2) is 4.79 Å². The van der Waals surface area contributed by atoms with E-state index in [1.807, 2.05) is 39.3 Å².